The lowest BCUT2D eigenvalue weighted by atomic mass is 9.59. The zero-order chi connectivity index (χ0) is 17.9. The molecule has 2 heterocycles. The van der Waals surface area contributed by atoms with Crippen LogP contribution in [0, 0.1) is 11.7 Å². The number of nitrogens with one attached hydrogen (secondary N) is 1. The fraction of sp³-hybridized carbons (Fsp3) is 0.364. The molecule has 134 valence electrons. The monoisotopic (exact) mass is 350 g/mol. The number of aromatic hydroxyl groups is 1. The highest BCUT2D eigenvalue weighted by molar-refractivity contribution is 5.85. The molecule has 0 bridgehead atoms. The quantitative estimate of drug-likeness (QED) is 0.696. The highest BCUT2D eigenvalue weighted by Crippen LogP contribution is 2.49. The number of hydrogen-bond donors (Lipinski definition) is 2. The molecule has 0 amide bonds. The lowest BCUT2D eigenvalue weighted by Crippen LogP contribution is -2.52. The summed E-state index contributed by atoms with van der Waals surface area (Å²) >= 11 is 0. The second-order valence-electron chi connectivity index (χ2n) is 8.04. The summed E-state index contributed by atoms with van der Waals surface area (Å²) in [5.74, 6) is 0.603. The molecule has 2 atom stereocenters. The third-order valence-corrected chi connectivity index (χ3v) is 6.58. The van der Waals surface area contributed by atoms with Crippen LogP contribution in [-0.4, -0.2) is 35.1 Å². The van der Waals surface area contributed by atoms with Gasteiger partial charge in [-0.1, -0.05) is 18.2 Å². The van der Waals surface area contributed by atoms with Gasteiger partial charge in [-0.2, -0.15) is 0 Å². The van der Waals surface area contributed by atoms with E-state index < -0.39 is 0 Å². The van der Waals surface area contributed by atoms with Crippen molar-refractivity contribution in [2.24, 2.45) is 5.92 Å². The summed E-state index contributed by atoms with van der Waals surface area (Å²) in [6.07, 6.45) is 2.80. The van der Waals surface area contributed by atoms with E-state index in [0.29, 0.717) is 11.7 Å². The SMILES string of the molecule is CN1CCC2(c3cccc(O)c3)Cc3[nH]c4cccc(F)c4c3CC2C1. The topological polar surface area (TPSA) is 39.3 Å². The van der Waals surface area contributed by atoms with Crippen molar-refractivity contribution >= 4 is 10.9 Å². The standard InChI is InChI=1S/C22H23FN2O/c1-25-9-8-22(14-4-2-5-16(26)10-14)12-20-17(11-15(22)13-25)21-18(23)6-3-7-19(21)24-20/h2-7,10,15,24,26H,8-9,11-13H2,1H3. The number of H-pyrrole nitrogens is 1. The van der Waals surface area contributed by atoms with Crippen LogP contribution in [0.1, 0.15) is 23.2 Å². The summed E-state index contributed by atoms with van der Waals surface area (Å²) in [7, 11) is 2.16. The Morgan fingerprint density at radius 2 is 2.08 bits per heavy atom. The Balaban J connectivity index is 1.70. The smallest absolute Gasteiger partial charge is 0.132 e. The van der Waals surface area contributed by atoms with E-state index in [2.05, 4.69) is 23.0 Å². The number of hydrogen-bond acceptors (Lipinski definition) is 2. The van der Waals surface area contributed by atoms with E-state index in [1.807, 2.05) is 18.2 Å². The second kappa shape index (κ2) is 5.58. The summed E-state index contributed by atoms with van der Waals surface area (Å²) in [6.45, 7) is 2.03. The van der Waals surface area contributed by atoms with E-state index in [1.54, 1.807) is 18.2 Å². The molecule has 5 rings (SSSR count). The molecule has 2 aliphatic rings. The van der Waals surface area contributed by atoms with Crippen molar-refractivity contribution in [3.63, 3.8) is 0 Å². The molecule has 2 N–H and O–H groups in total. The Kier molecular flexibility index (Phi) is 3.41. The van der Waals surface area contributed by atoms with Gasteiger partial charge in [-0.25, -0.2) is 4.39 Å². The van der Waals surface area contributed by atoms with Gasteiger partial charge in [-0.15, -0.1) is 0 Å². The molecule has 1 aliphatic carbocycles. The molecule has 2 unspecified atom stereocenters. The number of nitrogens with zero attached hydrogens (tertiary/aromatic N) is 1. The van der Waals surface area contributed by atoms with Gasteiger partial charge in [0.15, 0.2) is 0 Å². The van der Waals surface area contributed by atoms with E-state index in [0.717, 1.165) is 54.5 Å². The van der Waals surface area contributed by atoms with Gasteiger partial charge in [0.1, 0.15) is 11.6 Å². The van der Waals surface area contributed by atoms with Crippen LogP contribution in [0.15, 0.2) is 42.5 Å². The van der Waals surface area contributed by atoms with E-state index in [1.165, 1.54) is 5.56 Å². The Labute approximate surface area is 152 Å². The third kappa shape index (κ3) is 2.21. The predicted molar refractivity (Wildman–Crippen MR) is 101 cm³/mol. The highest BCUT2D eigenvalue weighted by atomic mass is 19.1. The highest BCUT2D eigenvalue weighted by Gasteiger charge is 2.47. The zero-order valence-electron chi connectivity index (χ0n) is 14.9. The van der Waals surface area contributed by atoms with Crippen LogP contribution >= 0.6 is 0 Å². The van der Waals surface area contributed by atoms with E-state index >= 15 is 0 Å². The van der Waals surface area contributed by atoms with Crippen LogP contribution in [0.3, 0.4) is 0 Å². The van der Waals surface area contributed by atoms with Crippen LogP contribution in [0.5, 0.6) is 5.75 Å². The van der Waals surface area contributed by atoms with Crippen molar-refractivity contribution < 1.29 is 9.50 Å². The molecule has 3 nitrogen and oxygen atoms in total. The first kappa shape index (κ1) is 15.9. The Morgan fingerprint density at radius 1 is 1.23 bits per heavy atom. The van der Waals surface area contributed by atoms with Crippen molar-refractivity contribution in [2.75, 3.05) is 20.1 Å². The predicted octanol–water partition coefficient (Wildman–Crippen LogP) is 4.00. The van der Waals surface area contributed by atoms with Gasteiger partial charge in [0, 0.05) is 28.6 Å². The van der Waals surface area contributed by atoms with Gasteiger partial charge in [-0.3, -0.25) is 0 Å². The van der Waals surface area contributed by atoms with E-state index in [-0.39, 0.29) is 11.2 Å². The maximum atomic E-state index is 14.5. The zero-order valence-corrected chi connectivity index (χ0v) is 14.9. The van der Waals surface area contributed by atoms with E-state index in [9.17, 15) is 9.50 Å². The number of aromatic amines is 1. The van der Waals surface area contributed by atoms with Crippen LogP contribution in [0.25, 0.3) is 10.9 Å². The average Bonchev–Trinajstić information content (AvgIpc) is 2.98. The Bertz CT molecular complexity index is 995. The number of aromatic nitrogens is 1. The van der Waals surface area contributed by atoms with Crippen molar-refractivity contribution in [2.45, 2.75) is 24.7 Å². The minimum absolute atomic E-state index is 0.00436. The summed E-state index contributed by atoms with van der Waals surface area (Å²) < 4.78 is 14.5. The molecule has 1 saturated heterocycles. The average molecular weight is 350 g/mol. The van der Waals surface area contributed by atoms with Crippen LogP contribution in [-0.2, 0) is 18.3 Å². The minimum atomic E-state index is -0.131. The number of phenolic OH excluding ortho intramolecular Hbond substituents is 1. The lowest BCUT2D eigenvalue weighted by molar-refractivity contribution is 0.0994. The molecule has 4 heteroatoms. The minimum Gasteiger partial charge on any atom is -0.508 e. The molecule has 0 saturated carbocycles. The normalized spacial score (nSPS) is 25.8. The van der Waals surface area contributed by atoms with Crippen molar-refractivity contribution in [3.05, 3.63) is 65.1 Å². The van der Waals surface area contributed by atoms with Gasteiger partial charge in [0.2, 0.25) is 0 Å². The van der Waals surface area contributed by atoms with Crippen molar-refractivity contribution in [3.8, 4) is 5.75 Å². The fourth-order valence-corrected chi connectivity index (χ4v) is 5.29. The van der Waals surface area contributed by atoms with Gasteiger partial charge < -0.3 is 15.0 Å². The molecule has 0 spiro atoms. The number of rotatable bonds is 1. The number of likely N-dealkylation sites (tertiary alicyclic amines) is 1. The van der Waals surface area contributed by atoms with Crippen LogP contribution in [0.2, 0.25) is 0 Å². The molecule has 1 fully saturated rings. The van der Waals surface area contributed by atoms with Gasteiger partial charge in [-0.05, 0) is 74.2 Å². The first-order chi connectivity index (χ1) is 12.6. The second-order valence-corrected chi connectivity index (χ2v) is 8.04. The summed E-state index contributed by atoms with van der Waals surface area (Å²) in [4.78, 5) is 5.87. The van der Waals surface area contributed by atoms with Crippen molar-refractivity contribution in [1.29, 1.82) is 0 Å². The molecule has 3 aromatic rings. The summed E-state index contributed by atoms with van der Waals surface area (Å²) in [5, 5.41) is 10.8. The summed E-state index contributed by atoms with van der Waals surface area (Å²) in [5.41, 5.74) is 4.41. The van der Waals surface area contributed by atoms with Crippen LogP contribution < -0.4 is 0 Å². The molecule has 26 heavy (non-hydrogen) atoms. The lowest BCUT2D eigenvalue weighted by Gasteiger charge is -2.50. The largest absolute Gasteiger partial charge is 0.508 e. The summed E-state index contributed by atoms with van der Waals surface area (Å²) in [6, 6.07) is 13.0. The molecular formula is C22H23FN2O. The third-order valence-electron chi connectivity index (χ3n) is 6.58. The maximum Gasteiger partial charge on any atom is 0.132 e. The molecule has 1 aliphatic heterocycles. The number of benzene rings is 2. The number of piperidine rings is 1. The molecule has 0 radical (unpaired) electrons. The maximum absolute atomic E-state index is 14.5. The Morgan fingerprint density at radius 3 is 2.92 bits per heavy atom. The Hall–Kier alpha value is -2.33. The van der Waals surface area contributed by atoms with Gasteiger partial charge in [0.05, 0.1) is 0 Å². The van der Waals surface area contributed by atoms with Crippen LogP contribution in [0.4, 0.5) is 4.39 Å². The molecule has 1 aromatic heterocycles. The first-order valence-corrected chi connectivity index (χ1v) is 9.33. The van der Waals surface area contributed by atoms with Gasteiger partial charge >= 0.3 is 0 Å². The number of halogens is 1. The first-order valence-electron chi connectivity index (χ1n) is 9.33. The van der Waals surface area contributed by atoms with E-state index in [4.69, 9.17) is 0 Å². The number of phenols is 1. The number of fused-ring (bicyclic) bond motifs is 4. The van der Waals surface area contributed by atoms with Gasteiger partial charge in [0.25, 0.3) is 0 Å². The molecule has 2 aromatic carbocycles. The van der Waals surface area contributed by atoms with Crippen molar-refractivity contribution in [1.82, 2.24) is 9.88 Å². The fourth-order valence-electron chi connectivity index (χ4n) is 5.29. The molecular weight excluding hydrogens is 327 g/mol.